The summed E-state index contributed by atoms with van der Waals surface area (Å²) in [4.78, 5) is 8.44. The fourth-order valence-electron chi connectivity index (χ4n) is 1.94. The summed E-state index contributed by atoms with van der Waals surface area (Å²) in [5.41, 5.74) is 2.40. The Morgan fingerprint density at radius 1 is 1.17 bits per heavy atom. The monoisotopic (exact) mass is 241 g/mol. The van der Waals surface area contributed by atoms with Gasteiger partial charge in [-0.15, -0.1) is 0 Å². The van der Waals surface area contributed by atoms with Gasteiger partial charge in [0, 0.05) is 17.8 Å². The van der Waals surface area contributed by atoms with Gasteiger partial charge in [-0.2, -0.15) is 0 Å². The van der Waals surface area contributed by atoms with Gasteiger partial charge in [0.25, 0.3) is 0 Å². The SMILES string of the molecule is CCc1cc(NC(C)Cc2ccccc2)ncn1. The minimum absolute atomic E-state index is 0.354. The van der Waals surface area contributed by atoms with Gasteiger partial charge in [-0.1, -0.05) is 37.3 Å². The average Bonchev–Trinajstić information content (AvgIpc) is 2.40. The molecule has 3 nitrogen and oxygen atoms in total. The van der Waals surface area contributed by atoms with Crippen molar-refractivity contribution in [1.29, 1.82) is 0 Å². The molecule has 0 aliphatic heterocycles. The zero-order valence-electron chi connectivity index (χ0n) is 10.9. The second-order valence-corrected chi connectivity index (χ2v) is 4.48. The number of anilines is 1. The molecule has 0 saturated carbocycles. The summed E-state index contributed by atoms with van der Waals surface area (Å²) in [6.45, 7) is 4.26. The van der Waals surface area contributed by atoms with E-state index in [2.05, 4.69) is 53.4 Å². The first-order valence-corrected chi connectivity index (χ1v) is 6.39. The van der Waals surface area contributed by atoms with Crippen molar-refractivity contribution < 1.29 is 0 Å². The average molecular weight is 241 g/mol. The molecule has 18 heavy (non-hydrogen) atoms. The van der Waals surface area contributed by atoms with E-state index in [1.165, 1.54) is 5.56 Å². The Morgan fingerprint density at radius 3 is 2.67 bits per heavy atom. The van der Waals surface area contributed by atoms with Crippen LogP contribution in [-0.2, 0) is 12.8 Å². The molecule has 1 aromatic carbocycles. The lowest BCUT2D eigenvalue weighted by Crippen LogP contribution is -2.19. The second-order valence-electron chi connectivity index (χ2n) is 4.48. The van der Waals surface area contributed by atoms with Crippen LogP contribution in [0.1, 0.15) is 25.1 Å². The van der Waals surface area contributed by atoms with E-state index in [0.717, 1.165) is 24.4 Å². The highest BCUT2D eigenvalue weighted by atomic mass is 15.0. The molecular weight excluding hydrogens is 222 g/mol. The lowest BCUT2D eigenvalue weighted by molar-refractivity contribution is 0.782. The van der Waals surface area contributed by atoms with Gasteiger partial charge >= 0.3 is 0 Å². The van der Waals surface area contributed by atoms with Crippen LogP contribution in [0.2, 0.25) is 0 Å². The molecule has 2 rings (SSSR count). The van der Waals surface area contributed by atoms with E-state index in [1.807, 2.05) is 12.1 Å². The molecule has 3 heteroatoms. The van der Waals surface area contributed by atoms with Crippen molar-refractivity contribution in [3.8, 4) is 0 Å². The molecular formula is C15H19N3. The molecule has 1 N–H and O–H groups in total. The van der Waals surface area contributed by atoms with Crippen molar-refractivity contribution in [3.05, 3.63) is 54.0 Å². The minimum atomic E-state index is 0.354. The topological polar surface area (TPSA) is 37.8 Å². The van der Waals surface area contributed by atoms with Gasteiger partial charge < -0.3 is 5.32 Å². The summed E-state index contributed by atoms with van der Waals surface area (Å²) < 4.78 is 0. The van der Waals surface area contributed by atoms with Crippen LogP contribution in [0.5, 0.6) is 0 Å². The molecule has 1 aromatic heterocycles. The van der Waals surface area contributed by atoms with Crippen LogP contribution in [0.3, 0.4) is 0 Å². The van der Waals surface area contributed by atoms with E-state index >= 15 is 0 Å². The summed E-state index contributed by atoms with van der Waals surface area (Å²) >= 11 is 0. The molecule has 1 heterocycles. The molecule has 0 spiro atoms. The maximum atomic E-state index is 4.25. The van der Waals surface area contributed by atoms with Crippen LogP contribution in [0.4, 0.5) is 5.82 Å². The number of hydrogen-bond acceptors (Lipinski definition) is 3. The summed E-state index contributed by atoms with van der Waals surface area (Å²) in [5.74, 6) is 0.908. The van der Waals surface area contributed by atoms with E-state index in [4.69, 9.17) is 0 Å². The molecule has 0 aliphatic rings. The molecule has 1 atom stereocenters. The first kappa shape index (κ1) is 12.6. The smallest absolute Gasteiger partial charge is 0.129 e. The predicted molar refractivity (Wildman–Crippen MR) is 74.6 cm³/mol. The molecule has 0 radical (unpaired) electrons. The number of rotatable bonds is 5. The molecule has 0 saturated heterocycles. The van der Waals surface area contributed by atoms with Crippen LogP contribution < -0.4 is 5.32 Å². The molecule has 0 bridgehead atoms. The third-order valence-electron chi connectivity index (χ3n) is 2.86. The largest absolute Gasteiger partial charge is 0.367 e. The van der Waals surface area contributed by atoms with Gasteiger partial charge in [0.15, 0.2) is 0 Å². The Morgan fingerprint density at radius 2 is 1.94 bits per heavy atom. The Hall–Kier alpha value is -1.90. The molecule has 0 fully saturated rings. The van der Waals surface area contributed by atoms with Crippen molar-refractivity contribution in [3.63, 3.8) is 0 Å². The van der Waals surface area contributed by atoms with Gasteiger partial charge in [0.2, 0.25) is 0 Å². The Bertz CT molecular complexity index is 482. The standard InChI is InChI=1S/C15H19N3/c1-3-14-10-15(17-11-16-14)18-12(2)9-13-7-5-4-6-8-13/h4-8,10-12H,3,9H2,1-2H3,(H,16,17,18). The van der Waals surface area contributed by atoms with E-state index in [9.17, 15) is 0 Å². The van der Waals surface area contributed by atoms with Crippen LogP contribution in [0, 0.1) is 0 Å². The first-order valence-electron chi connectivity index (χ1n) is 6.39. The van der Waals surface area contributed by atoms with Crippen molar-refractivity contribution in [1.82, 2.24) is 9.97 Å². The lowest BCUT2D eigenvalue weighted by atomic mass is 10.1. The van der Waals surface area contributed by atoms with E-state index < -0.39 is 0 Å². The molecule has 94 valence electrons. The highest BCUT2D eigenvalue weighted by Gasteiger charge is 2.04. The third kappa shape index (κ3) is 3.55. The predicted octanol–water partition coefficient (Wildman–Crippen LogP) is 3.08. The van der Waals surface area contributed by atoms with Gasteiger partial charge in [-0.25, -0.2) is 9.97 Å². The summed E-state index contributed by atoms with van der Waals surface area (Å²) in [6.07, 6.45) is 3.55. The Balaban J connectivity index is 1.96. The van der Waals surface area contributed by atoms with Gasteiger partial charge in [-0.3, -0.25) is 0 Å². The van der Waals surface area contributed by atoms with Gasteiger partial charge in [0.1, 0.15) is 12.1 Å². The summed E-state index contributed by atoms with van der Waals surface area (Å²) in [7, 11) is 0. The van der Waals surface area contributed by atoms with Crippen LogP contribution in [0.25, 0.3) is 0 Å². The van der Waals surface area contributed by atoms with E-state index in [-0.39, 0.29) is 0 Å². The number of aryl methyl sites for hydroxylation is 1. The van der Waals surface area contributed by atoms with Crippen molar-refractivity contribution in [2.75, 3.05) is 5.32 Å². The second kappa shape index (κ2) is 6.15. The highest BCUT2D eigenvalue weighted by Crippen LogP contribution is 2.09. The zero-order chi connectivity index (χ0) is 12.8. The number of nitrogens with one attached hydrogen (secondary N) is 1. The van der Waals surface area contributed by atoms with Crippen molar-refractivity contribution >= 4 is 5.82 Å². The fourth-order valence-corrected chi connectivity index (χ4v) is 1.94. The van der Waals surface area contributed by atoms with Gasteiger partial charge in [0.05, 0.1) is 0 Å². The molecule has 2 aromatic rings. The van der Waals surface area contributed by atoms with Crippen molar-refractivity contribution in [2.24, 2.45) is 0 Å². The van der Waals surface area contributed by atoms with Crippen LogP contribution in [0.15, 0.2) is 42.7 Å². The third-order valence-corrected chi connectivity index (χ3v) is 2.86. The maximum Gasteiger partial charge on any atom is 0.129 e. The quantitative estimate of drug-likeness (QED) is 0.874. The van der Waals surface area contributed by atoms with Gasteiger partial charge in [-0.05, 0) is 25.3 Å². The van der Waals surface area contributed by atoms with Crippen LogP contribution >= 0.6 is 0 Å². The molecule has 0 aliphatic carbocycles. The molecule has 0 amide bonds. The summed E-state index contributed by atoms with van der Waals surface area (Å²) in [5, 5.41) is 3.41. The maximum absolute atomic E-state index is 4.25. The lowest BCUT2D eigenvalue weighted by Gasteiger charge is -2.14. The minimum Gasteiger partial charge on any atom is -0.367 e. The number of nitrogens with zero attached hydrogens (tertiary/aromatic N) is 2. The Kier molecular flexibility index (Phi) is 4.29. The number of hydrogen-bond donors (Lipinski definition) is 1. The van der Waals surface area contributed by atoms with Crippen molar-refractivity contribution in [2.45, 2.75) is 32.7 Å². The fraction of sp³-hybridized carbons (Fsp3) is 0.333. The normalized spacial score (nSPS) is 12.1. The number of aromatic nitrogens is 2. The van der Waals surface area contributed by atoms with E-state index in [0.29, 0.717) is 6.04 Å². The molecule has 1 unspecified atom stereocenters. The highest BCUT2D eigenvalue weighted by molar-refractivity contribution is 5.36. The Labute approximate surface area is 108 Å². The first-order chi connectivity index (χ1) is 8.78. The number of benzene rings is 1. The van der Waals surface area contributed by atoms with Crippen LogP contribution in [-0.4, -0.2) is 16.0 Å². The summed E-state index contributed by atoms with van der Waals surface area (Å²) in [6, 6.07) is 12.8. The van der Waals surface area contributed by atoms with E-state index in [1.54, 1.807) is 6.33 Å². The zero-order valence-corrected chi connectivity index (χ0v) is 10.9.